The predicted octanol–water partition coefficient (Wildman–Crippen LogP) is 0.0966. The van der Waals surface area contributed by atoms with Gasteiger partial charge in [-0.15, -0.1) is 12.4 Å². The summed E-state index contributed by atoms with van der Waals surface area (Å²) in [7, 11) is 0.775. The summed E-state index contributed by atoms with van der Waals surface area (Å²) >= 11 is 0. The lowest BCUT2D eigenvalue weighted by atomic mass is 9.80. The third-order valence-electron chi connectivity index (χ3n) is 3.80. The molecule has 2 rings (SSSR count). The van der Waals surface area contributed by atoms with E-state index in [4.69, 9.17) is 10.0 Å². The summed E-state index contributed by atoms with van der Waals surface area (Å²) in [5.41, 5.74) is 1.77. The van der Waals surface area contributed by atoms with Gasteiger partial charge in [0.2, 0.25) is 0 Å². The van der Waals surface area contributed by atoms with Crippen molar-refractivity contribution in [3.8, 4) is 0 Å². The third kappa shape index (κ3) is 4.19. The highest BCUT2D eigenvalue weighted by Crippen LogP contribution is 2.20. The van der Waals surface area contributed by atoms with E-state index in [0.29, 0.717) is 11.5 Å². The van der Waals surface area contributed by atoms with E-state index in [2.05, 4.69) is 23.8 Å². The van der Waals surface area contributed by atoms with E-state index in [9.17, 15) is 0 Å². The molecule has 1 aromatic rings. The van der Waals surface area contributed by atoms with Gasteiger partial charge in [0.1, 0.15) is 0 Å². The Bertz CT molecular complexity index is 381. The monoisotopic (exact) mass is 284 g/mol. The normalized spacial score (nSPS) is 18.7. The van der Waals surface area contributed by atoms with Crippen molar-refractivity contribution in [2.75, 3.05) is 33.2 Å². The molecule has 0 saturated carbocycles. The minimum Gasteiger partial charge on any atom is -0.423 e. The molecule has 0 aliphatic carbocycles. The Hall–Kier alpha value is -0.585. The quantitative estimate of drug-likeness (QED) is 0.773. The van der Waals surface area contributed by atoms with E-state index < -0.39 is 7.12 Å². The summed E-state index contributed by atoms with van der Waals surface area (Å²) in [4.78, 5) is 4.80. The smallest absolute Gasteiger partial charge is 0.423 e. The van der Waals surface area contributed by atoms with Gasteiger partial charge in [-0.3, -0.25) is 4.90 Å². The predicted molar refractivity (Wildman–Crippen MR) is 81.0 cm³/mol. The Labute approximate surface area is 121 Å². The molecule has 4 nitrogen and oxygen atoms in total. The maximum atomic E-state index is 9.07. The van der Waals surface area contributed by atoms with Crippen molar-refractivity contribution >= 4 is 25.0 Å². The van der Waals surface area contributed by atoms with Gasteiger partial charge >= 0.3 is 7.12 Å². The number of piperazine rings is 1. The van der Waals surface area contributed by atoms with Gasteiger partial charge < -0.3 is 14.9 Å². The van der Waals surface area contributed by atoms with E-state index in [1.54, 1.807) is 12.1 Å². The standard InChI is InChI=1S/C13H21BN2O2.ClH/c1-11(16-9-7-15(2)8-10-16)12-3-5-13(6-4-12)14(17)18;/h3-6,11,17-18H,7-10H2,1-2H3;1H/t11-;/m0./s1. The van der Waals surface area contributed by atoms with Gasteiger partial charge in [0.15, 0.2) is 0 Å². The Morgan fingerprint density at radius 1 is 1.05 bits per heavy atom. The van der Waals surface area contributed by atoms with Crippen molar-refractivity contribution < 1.29 is 10.0 Å². The third-order valence-corrected chi connectivity index (χ3v) is 3.80. The summed E-state index contributed by atoms with van der Waals surface area (Å²) in [5.74, 6) is 0. The fourth-order valence-electron chi connectivity index (χ4n) is 2.37. The fourth-order valence-corrected chi connectivity index (χ4v) is 2.37. The van der Waals surface area contributed by atoms with E-state index >= 15 is 0 Å². The fraction of sp³-hybridized carbons (Fsp3) is 0.538. The molecule has 1 heterocycles. The van der Waals surface area contributed by atoms with E-state index in [1.807, 2.05) is 12.1 Å². The van der Waals surface area contributed by atoms with Crippen LogP contribution in [0.1, 0.15) is 18.5 Å². The van der Waals surface area contributed by atoms with Crippen LogP contribution in [-0.2, 0) is 0 Å². The Morgan fingerprint density at radius 2 is 1.58 bits per heavy atom. The molecule has 0 unspecified atom stereocenters. The number of rotatable bonds is 3. The first kappa shape index (κ1) is 16.5. The highest BCUT2D eigenvalue weighted by Gasteiger charge is 2.20. The van der Waals surface area contributed by atoms with E-state index in [0.717, 1.165) is 26.2 Å². The summed E-state index contributed by atoms with van der Waals surface area (Å²) in [6.45, 7) is 6.59. The van der Waals surface area contributed by atoms with Crippen LogP contribution in [-0.4, -0.2) is 60.2 Å². The molecule has 1 aromatic carbocycles. The molecule has 0 aromatic heterocycles. The van der Waals surface area contributed by atoms with Gasteiger partial charge in [0.25, 0.3) is 0 Å². The van der Waals surface area contributed by atoms with Crippen LogP contribution in [0.25, 0.3) is 0 Å². The number of likely N-dealkylation sites (N-methyl/N-ethyl adjacent to an activating group) is 1. The number of hydrogen-bond donors (Lipinski definition) is 2. The van der Waals surface area contributed by atoms with Gasteiger partial charge in [0.05, 0.1) is 0 Å². The number of hydrogen-bond acceptors (Lipinski definition) is 4. The van der Waals surface area contributed by atoms with Crippen LogP contribution in [0.4, 0.5) is 0 Å². The average molecular weight is 285 g/mol. The van der Waals surface area contributed by atoms with Crippen LogP contribution >= 0.6 is 12.4 Å². The molecule has 1 fully saturated rings. The first-order chi connectivity index (χ1) is 8.58. The SMILES string of the molecule is C[C@@H](c1ccc(B(O)O)cc1)N1CCN(C)CC1.Cl. The van der Waals surface area contributed by atoms with Crippen LogP contribution in [0.5, 0.6) is 0 Å². The van der Waals surface area contributed by atoms with Gasteiger partial charge in [-0.05, 0) is 25.0 Å². The van der Waals surface area contributed by atoms with Crippen molar-refractivity contribution in [3.05, 3.63) is 29.8 Å². The number of halogens is 1. The van der Waals surface area contributed by atoms with Gasteiger partial charge in [-0.2, -0.15) is 0 Å². The van der Waals surface area contributed by atoms with Crippen molar-refractivity contribution in [3.63, 3.8) is 0 Å². The first-order valence-corrected chi connectivity index (χ1v) is 6.46. The van der Waals surface area contributed by atoms with Crippen LogP contribution in [0.15, 0.2) is 24.3 Å². The molecule has 106 valence electrons. The molecule has 0 amide bonds. The minimum absolute atomic E-state index is 0. The molecule has 0 bridgehead atoms. The highest BCUT2D eigenvalue weighted by molar-refractivity contribution is 6.58. The lowest BCUT2D eigenvalue weighted by Gasteiger charge is -2.36. The molecule has 0 spiro atoms. The lowest BCUT2D eigenvalue weighted by molar-refractivity contribution is 0.119. The Morgan fingerprint density at radius 3 is 2.05 bits per heavy atom. The topological polar surface area (TPSA) is 46.9 Å². The molecule has 2 N–H and O–H groups in total. The van der Waals surface area contributed by atoms with E-state index in [-0.39, 0.29) is 12.4 Å². The molecule has 1 atom stereocenters. The zero-order chi connectivity index (χ0) is 13.1. The molecular weight excluding hydrogens is 262 g/mol. The Kier molecular flexibility index (Phi) is 6.30. The highest BCUT2D eigenvalue weighted by atomic mass is 35.5. The van der Waals surface area contributed by atoms with Gasteiger partial charge in [-0.1, -0.05) is 24.3 Å². The van der Waals surface area contributed by atoms with Crippen LogP contribution < -0.4 is 5.46 Å². The van der Waals surface area contributed by atoms with Crippen LogP contribution in [0, 0.1) is 0 Å². The molecule has 1 aliphatic heterocycles. The minimum atomic E-state index is -1.38. The van der Waals surface area contributed by atoms with Crippen molar-refractivity contribution in [2.24, 2.45) is 0 Å². The van der Waals surface area contributed by atoms with E-state index in [1.165, 1.54) is 5.56 Å². The van der Waals surface area contributed by atoms with Crippen molar-refractivity contribution in [2.45, 2.75) is 13.0 Å². The average Bonchev–Trinajstić information content (AvgIpc) is 2.39. The van der Waals surface area contributed by atoms with Crippen molar-refractivity contribution in [1.82, 2.24) is 9.80 Å². The number of benzene rings is 1. The van der Waals surface area contributed by atoms with Gasteiger partial charge in [-0.25, -0.2) is 0 Å². The molecule has 19 heavy (non-hydrogen) atoms. The molecule has 1 saturated heterocycles. The first-order valence-electron chi connectivity index (χ1n) is 6.46. The lowest BCUT2D eigenvalue weighted by Crippen LogP contribution is -2.45. The zero-order valence-corrected chi connectivity index (χ0v) is 12.3. The maximum absolute atomic E-state index is 9.07. The second-order valence-corrected chi connectivity index (χ2v) is 5.06. The van der Waals surface area contributed by atoms with Gasteiger partial charge in [0, 0.05) is 32.2 Å². The van der Waals surface area contributed by atoms with Crippen molar-refractivity contribution in [1.29, 1.82) is 0 Å². The Balaban J connectivity index is 0.00000180. The zero-order valence-electron chi connectivity index (χ0n) is 11.5. The number of nitrogens with zero attached hydrogens (tertiary/aromatic N) is 2. The van der Waals surface area contributed by atoms with Crippen LogP contribution in [0.3, 0.4) is 0 Å². The second-order valence-electron chi connectivity index (χ2n) is 5.06. The summed E-state index contributed by atoms with van der Waals surface area (Å²) < 4.78 is 0. The molecule has 6 heteroatoms. The largest absolute Gasteiger partial charge is 0.488 e. The summed E-state index contributed by atoms with van der Waals surface area (Å²) in [6.07, 6.45) is 0. The molecule has 0 radical (unpaired) electrons. The second kappa shape index (κ2) is 7.26. The summed E-state index contributed by atoms with van der Waals surface area (Å²) in [5, 5.41) is 18.1. The maximum Gasteiger partial charge on any atom is 0.488 e. The molecular formula is C13H22BClN2O2. The van der Waals surface area contributed by atoms with Crippen LogP contribution in [0.2, 0.25) is 0 Å². The molecule has 1 aliphatic rings. The summed E-state index contributed by atoms with van der Waals surface area (Å²) in [6, 6.07) is 7.91.